The minimum atomic E-state index is -1.05. The van der Waals surface area contributed by atoms with Crippen molar-refractivity contribution in [2.45, 2.75) is 13.8 Å². The topological polar surface area (TPSA) is 102 Å². The number of carboxylic acid groups (broad SMARTS) is 1. The molecule has 0 aliphatic rings. The Kier molecular flexibility index (Phi) is 8.10. The summed E-state index contributed by atoms with van der Waals surface area (Å²) >= 11 is 0. The molecule has 0 rings (SSSR count). The molecule has 0 aromatic carbocycles. The van der Waals surface area contributed by atoms with Gasteiger partial charge in [-0.05, 0) is 5.92 Å². The molecule has 0 unspecified atom stereocenters. The van der Waals surface area contributed by atoms with Gasteiger partial charge < -0.3 is 25.5 Å². The molecule has 0 saturated heterocycles. The molecule has 0 aliphatic carbocycles. The Morgan fingerprint density at radius 2 is 1.55 bits per heavy atom. The second-order valence-electron chi connectivity index (χ2n) is 5.03. The van der Waals surface area contributed by atoms with Gasteiger partial charge in [0.2, 0.25) is 0 Å². The molecule has 0 aromatic heterocycles. The summed E-state index contributed by atoms with van der Waals surface area (Å²) < 4.78 is 0. The molecule has 8 heteroatoms. The highest BCUT2D eigenvalue weighted by molar-refractivity contribution is 5.80. The lowest BCUT2D eigenvalue weighted by molar-refractivity contribution is -0.137. The molecule has 4 amide bonds. The van der Waals surface area contributed by atoms with Crippen LogP contribution in [0, 0.1) is 5.92 Å². The monoisotopic (exact) mass is 288 g/mol. The third-order valence-electron chi connectivity index (χ3n) is 2.28. The summed E-state index contributed by atoms with van der Waals surface area (Å²) in [6, 6.07) is -0.691. The van der Waals surface area contributed by atoms with Gasteiger partial charge >= 0.3 is 18.0 Å². The van der Waals surface area contributed by atoms with Crippen LogP contribution in [-0.2, 0) is 4.79 Å². The van der Waals surface area contributed by atoms with Crippen molar-refractivity contribution in [3.63, 3.8) is 0 Å². The average Bonchev–Trinajstić information content (AvgIpc) is 2.31. The highest BCUT2D eigenvalue weighted by Gasteiger charge is 2.17. The van der Waals surface area contributed by atoms with Crippen molar-refractivity contribution < 1.29 is 19.5 Å². The molecular weight excluding hydrogens is 264 g/mol. The van der Waals surface area contributed by atoms with Crippen LogP contribution in [0.3, 0.4) is 0 Å². The molecule has 0 aromatic rings. The number of hydrogen-bond acceptors (Lipinski definition) is 3. The van der Waals surface area contributed by atoms with E-state index in [1.807, 2.05) is 13.8 Å². The Morgan fingerprint density at radius 1 is 1.05 bits per heavy atom. The van der Waals surface area contributed by atoms with Gasteiger partial charge in [-0.15, -0.1) is 0 Å². The summed E-state index contributed by atoms with van der Waals surface area (Å²) in [7, 11) is 3.23. The van der Waals surface area contributed by atoms with Crippen LogP contribution in [0.1, 0.15) is 13.8 Å². The molecule has 0 atom stereocenters. The van der Waals surface area contributed by atoms with E-state index < -0.39 is 12.0 Å². The Hall–Kier alpha value is -1.99. The quantitative estimate of drug-likeness (QED) is 0.574. The molecule has 8 nitrogen and oxygen atoms in total. The Bertz CT molecular complexity index is 344. The lowest BCUT2D eigenvalue weighted by Crippen LogP contribution is -2.47. The first kappa shape index (κ1) is 18.0. The Morgan fingerprint density at radius 3 is 1.95 bits per heavy atom. The second kappa shape index (κ2) is 9.00. The third kappa shape index (κ3) is 8.17. The van der Waals surface area contributed by atoms with E-state index >= 15 is 0 Å². The highest BCUT2D eigenvalue weighted by atomic mass is 16.4. The molecule has 116 valence electrons. The third-order valence-corrected chi connectivity index (χ3v) is 2.28. The minimum absolute atomic E-state index is 0.175. The first-order valence-corrected chi connectivity index (χ1v) is 6.43. The number of hydrogen-bond donors (Lipinski definition) is 3. The van der Waals surface area contributed by atoms with Crippen LogP contribution in [-0.4, -0.2) is 73.2 Å². The summed E-state index contributed by atoms with van der Waals surface area (Å²) in [6.07, 6.45) is 0. The molecule has 3 N–H and O–H groups in total. The van der Waals surface area contributed by atoms with Gasteiger partial charge in [-0.25, -0.2) is 9.59 Å². The minimum Gasteiger partial charge on any atom is -0.480 e. The zero-order valence-corrected chi connectivity index (χ0v) is 12.5. The number of amides is 4. The van der Waals surface area contributed by atoms with Crippen LogP contribution in [0.15, 0.2) is 0 Å². The van der Waals surface area contributed by atoms with E-state index in [9.17, 15) is 14.4 Å². The highest BCUT2D eigenvalue weighted by Crippen LogP contribution is 1.99. The molecule has 0 heterocycles. The summed E-state index contributed by atoms with van der Waals surface area (Å²) in [5, 5.41) is 13.9. The van der Waals surface area contributed by atoms with Crippen LogP contribution >= 0.6 is 0 Å². The Balaban J connectivity index is 4.13. The van der Waals surface area contributed by atoms with Gasteiger partial charge in [0.25, 0.3) is 0 Å². The first-order valence-electron chi connectivity index (χ1n) is 6.43. The van der Waals surface area contributed by atoms with Crippen molar-refractivity contribution >= 4 is 18.0 Å². The SMILES string of the molecule is CC(C)CN(CC(=O)O)C(=O)NCCNC(=O)N(C)C. The van der Waals surface area contributed by atoms with E-state index in [0.717, 1.165) is 0 Å². The zero-order valence-electron chi connectivity index (χ0n) is 12.5. The first-order chi connectivity index (χ1) is 9.23. The van der Waals surface area contributed by atoms with Crippen molar-refractivity contribution in [2.75, 3.05) is 40.3 Å². The number of aliphatic carboxylic acids is 1. The van der Waals surface area contributed by atoms with Gasteiger partial charge in [0.15, 0.2) is 0 Å². The van der Waals surface area contributed by atoms with Gasteiger partial charge in [0.05, 0.1) is 0 Å². The number of carbonyl (C=O) groups excluding carboxylic acids is 2. The van der Waals surface area contributed by atoms with Crippen LogP contribution in [0.5, 0.6) is 0 Å². The van der Waals surface area contributed by atoms with E-state index in [2.05, 4.69) is 10.6 Å². The molecule has 0 aliphatic heterocycles. The van der Waals surface area contributed by atoms with Crippen LogP contribution < -0.4 is 10.6 Å². The number of carboxylic acids is 1. The summed E-state index contributed by atoms with van der Waals surface area (Å²) in [5.74, 6) is -0.879. The van der Waals surface area contributed by atoms with Gasteiger partial charge in [0, 0.05) is 33.7 Å². The largest absolute Gasteiger partial charge is 0.480 e. The predicted octanol–water partition coefficient (Wildman–Crippen LogP) is 0.00980. The lowest BCUT2D eigenvalue weighted by atomic mass is 10.2. The van der Waals surface area contributed by atoms with Gasteiger partial charge in [0.1, 0.15) is 6.54 Å². The number of urea groups is 2. The van der Waals surface area contributed by atoms with Crippen LogP contribution in [0.25, 0.3) is 0 Å². The number of carbonyl (C=O) groups is 3. The second-order valence-corrected chi connectivity index (χ2v) is 5.03. The normalized spacial score (nSPS) is 10.1. The molecule has 0 bridgehead atoms. The smallest absolute Gasteiger partial charge is 0.323 e. The molecule has 0 spiro atoms. The number of nitrogens with zero attached hydrogens (tertiary/aromatic N) is 2. The maximum absolute atomic E-state index is 11.8. The fourth-order valence-electron chi connectivity index (χ4n) is 1.43. The van der Waals surface area contributed by atoms with Gasteiger partial charge in [-0.3, -0.25) is 4.79 Å². The number of rotatable bonds is 7. The zero-order chi connectivity index (χ0) is 15.7. The van der Waals surface area contributed by atoms with Gasteiger partial charge in [-0.1, -0.05) is 13.8 Å². The van der Waals surface area contributed by atoms with E-state index in [1.165, 1.54) is 9.80 Å². The molecule has 0 radical (unpaired) electrons. The molecule has 0 fully saturated rings. The fraction of sp³-hybridized carbons (Fsp3) is 0.750. The van der Waals surface area contributed by atoms with E-state index in [4.69, 9.17) is 5.11 Å². The van der Waals surface area contributed by atoms with Crippen molar-refractivity contribution in [3.8, 4) is 0 Å². The number of nitrogens with one attached hydrogen (secondary N) is 2. The van der Waals surface area contributed by atoms with Gasteiger partial charge in [-0.2, -0.15) is 0 Å². The fourth-order valence-corrected chi connectivity index (χ4v) is 1.43. The maximum atomic E-state index is 11.8. The summed E-state index contributed by atoms with van der Waals surface area (Å²) in [6.45, 7) is 4.35. The maximum Gasteiger partial charge on any atom is 0.323 e. The average molecular weight is 288 g/mol. The van der Waals surface area contributed by atoms with E-state index in [0.29, 0.717) is 6.54 Å². The van der Waals surface area contributed by atoms with Crippen LogP contribution in [0.4, 0.5) is 9.59 Å². The standard InChI is InChI=1S/C12H24N4O4/c1-9(2)7-16(8-10(17)18)12(20)14-6-5-13-11(19)15(3)4/h9H,5-8H2,1-4H3,(H,13,19)(H,14,20)(H,17,18). The molecular formula is C12H24N4O4. The van der Waals surface area contributed by atoms with E-state index in [1.54, 1.807) is 14.1 Å². The molecule has 20 heavy (non-hydrogen) atoms. The Labute approximate surface area is 119 Å². The van der Waals surface area contributed by atoms with Crippen molar-refractivity contribution in [2.24, 2.45) is 5.92 Å². The summed E-state index contributed by atoms with van der Waals surface area (Å²) in [4.78, 5) is 36.4. The van der Waals surface area contributed by atoms with Crippen molar-refractivity contribution in [1.29, 1.82) is 0 Å². The van der Waals surface area contributed by atoms with Crippen LogP contribution in [0.2, 0.25) is 0 Å². The van der Waals surface area contributed by atoms with Crippen molar-refractivity contribution in [1.82, 2.24) is 20.4 Å². The predicted molar refractivity (Wildman–Crippen MR) is 74.5 cm³/mol. The van der Waals surface area contributed by atoms with E-state index in [-0.39, 0.29) is 31.6 Å². The van der Waals surface area contributed by atoms with Crippen molar-refractivity contribution in [3.05, 3.63) is 0 Å². The lowest BCUT2D eigenvalue weighted by Gasteiger charge is -2.23. The molecule has 0 saturated carbocycles. The summed E-state index contributed by atoms with van der Waals surface area (Å²) in [5.41, 5.74) is 0.